The summed E-state index contributed by atoms with van der Waals surface area (Å²) in [5.74, 6) is 0.651. The topological polar surface area (TPSA) is 58.4 Å². The van der Waals surface area contributed by atoms with Crippen LogP contribution in [0.3, 0.4) is 0 Å². The van der Waals surface area contributed by atoms with Gasteiger partial charge < -0.3 is 14.7 Å². The van der Waals surface area contributed by atoms with Crippen LogP contribution >= 0.6 is 0 Å². The maximum atomic E-state index is 12.6. The fourth-order valence-corrected chi connectivity index (χ4v) is 3.31. The van der Waals surface area contributed by atoms with E-state index in [1.54, 1.807) is 0 Å². The van der Waals surface area contributed by atoms with Crippen molar-refractivity contribution in [3.8, 4) is 0 Å². The predicted molar refractivity (Wildman–Crippen MR) is 98.3 cm³/mol. The summed E-state index contributed by atoms with van der Waals surface area (Å²) in [6.45, 7) is 17.9. The van der Waals surface area contributed by atoms with Crippen LogP contribution in [0.15, 0.2) is 4.52 Å². The molecule has 0 bridgehead atoms. The molecule has 0 saturated heterocycles. The molecule has 0 radical (unpaired) electrons. The van der Waals surface area contributed by atoms with Gasteiger partial charge in [-0.2, -0.15) is 0 Å². The van der Waals surface area contributed by atoms with E-state index in [2.05, 4.69) is 50.0 Å². The summed E-state index contributed by atoms with van der Waals surface area (Å²) < 4.78 is 5.26. The summed E-state index contributed by atoms with van der Waals surface area (Å²) in [7, 11) is 0. The van der Waals surface area contributed by atoms with Gasteiger partial charge in [0.15, 0.2) is 5.69 Å². The van der Waals surface area contributed by atoms with Gasteiger partial charge in [0.2, 0.25) is 0 Å². The molecule has 0 spiro atoms. The van der Waals surface area contributed by atoms with E-state index in [9.17, 15) is 4.79 Å². The second-order valence-electron chi connectivity index (χ2n) is 6.99. The van der Waals surface area contributed by atoms with Gasteiger partial charge in [-0.05, 0) is 33.4 Å². The number of nitrogens with zero attached hydrogens (tertiary/aromatic N) is 2. The summed E-state index contributed by atoms with van der Waals surface area (Å²) in [4.78, 5) is 15.1. The quantitative estimate of drug-likeness (QED) is 0.705. The lowest BCUT2D eigenvalue weighted by molar-refractivity contribution is 0.0820. The zero-order chi connectivity index (χ0) is 18.3. The first-order valence-corrected chi connectivity index (χ1v) is 9.31. The van der Waals surface area contributed by atoms with E-state index in [-0.39, 0.29) is 17.4 Å². The molecule has 24 heavy (non-hydrogen) atoms. The molecule has 0 aliphatic rings. The van der Waals surface area contributed by atoms with E-state index in [1.165, 1.54) is 0 Å². The summed E-state index contributed by atoms with van der Waals surface area (Å²) in [5.41, 5.74) is 1.30. The molecule has 1 amide bonds. The van der Waals surface area contributed by atoms with Crippen LogP contribution in [0.4, 0.5) is 0 Å². The highest BCUT2D eigenvalue weighted by molar-refractivity contribution is 5.93. The molecule has 5 nitrogen and oxygen atoms in total. The van der Waals surface area contributed by atoms with Crippen molar-refractivity contribution < 1.29 is 9.32 Å². The summed E-state index contributed by atoms with van der Waals surface area (Å²) in [6, 6.07) is 0.0618. The standard InChI is InChI=1S/C19H35N3O2/c1-8-12-19(7,13-22(10-3)11-4)15(6)20-18(23)17-14(5)16(9-2)24-21-17/h15H,8-13H2,1-7H3,(H,20,23). The van der Waals surface area contributed by atoms with E-state index in [0.29, 0.717) is 5.69 Å². The maximum absolute atomic E-state index is 12.6. The van der Waals surface area contributed by atoms with Gasteiger partial charge in [0.25, 0.3) is 5.91 Å². The van der Waals surface area contributed by atoms with Gasteiger partial charge >= 0.3 is 0 Å². The molecule has 0 aliphatic carbocycles. The molecular formula is C19H35N3O2. The zero-order valence-corrected chi connectivity index (χ0v) is 16.5. The Morgan fingerprint density at radius 2 is 1.92 bits per heavy atom. The number of nitrogens with one attached hydrogen (secondary N) is 1. The highest BCUT2D eigenvalue weighted by Crippen LogP contribution is 2.29. The molecule has 0 fully saturated rings. The SMILES string of the molecule is CCCC(C)(CN(CC)CC)C(C)NC(=O)c1noc(CC)c1C. The first-order valence-electron chi connectivity index (χ1n) is 9.31. The lowest BCUT2D eigenvalue weighted by atomic mass is 9.78. The maximum Gasteiger partial charge on any atom is 0.273 e. The largest absolute Gasteiger partial charge is 0.360 e. The van der Waals surface area contributed by atoms with Gasteiger partial charge in [0.05, 0.1) is 0 Å². The number of hydrogen-bond acceptors (Lipinski definition) is 4. The molecule has 1 rings (SSSR count). The van der Waals surface area contributed by atoms with Crippen molar-refractivity contribution in [3.63, 3.8) is 0 Å². The Balaban J connectivity index is 2.88. The van der Waals surface area contributed by atoms with Crippen molar-refractivity contribution in [1.82, 2.24) is 15.4 Å². The number of carbonyl (C=O) groups excluding carboxylic acids is 1. The third-order valence-electron chi connectivity index (χ3n) is 5.25. The van der Waals surface area contributed by atoms with Crippen molar-refractivity contribution in [2.24, 2.45) is 5.41 Å². The molecule has 0 aromatic carbocycles. The Bertz CT molecular complexity index is 523. The molecule has 2 atom stereocenters. The van der Waals surface area contributed by atoms with E-state index in [1.807, 2.05) is 13.8 Å². The second kappa shape index (κ2) is 9.21. The van der Waals surface area contributed by atoms with Crippen LogP contribution < -0.4 is 5.32 Å². The van der Waals surface area contributed by atoms with E-state index in [4.69, 9.17) is 4.52 Å². The first kappa shape index (κ1) is 20.7. The molecular weight excluding hydrogens is 302 g/mol. The normalized spacial score (nSPS) is 15.3. The van der Waals surface area contributed by atoms with E-state index < -0.39 is 0 Å². The molecule has 5 heteroatoms. The molecule has 1 heterocycles. The molecule has 1 aromatic heterocycles. The van der Waals surface area contributed by atoms with Crippen LogP contribution in [0, 0.1) is 12.3 Å². The van der Waals surface area contributed by atoms with Gasteiger partial charge in [-0.15, -0.1) is 0 Å². The average Bonchev–Trinajstić information content (AvgIpc) is 2.93. The smallest absolute Gasteiger partial charge is 0.273 e. The van der Waals surface area contributed by atoms with Gasteiger partial charge in [-0.25, -0.2) is 0 Å². The third-order valence-corrected chi connectivity index (χ3v) is 5.25. The minimum Gasteiger partial charge on any atom is -0.360 e. The number of aryl methyl sites for hydroxylation is 1. The van der Waals surface area contributed by atoms with Crippen molar-refractivity contribution in [1.29, 1.82) is 0 Å². The van der Waals surface area contributed by atoms with E-state index >= 15 is 0 Å². The molecule has 2 unspecified atom stereocenters. The fraction of sp³-hybridized carbons (Fsp3) is 0.789. The lowest BCUT2D eigenvalue weighted by Gasteiger charge is -2.39. The monoisotopic (exact) mass is 337 g/mol. The van der Waals surface area contributed by atoms with Crippen LogP contribution in [-0.4, -0.2) is 41.6 Å². The Hall–Kier alpha value is -1.36. The van der Waals surface area contributed by atoms with Gasteiger partial charge in [-0.1, -0.05) is 46.2 Å². The Morgan fingerprint density at radius 3 is 2.38 bits per heavy atom. The van der Waals surface area contributed by atoms with Crippen molar-refractivity contribution in [3.05, 3.63) is 17.0 Å². The van der Waals surface area contributed by atoms with Crippen LogP contribution in [0.2, 0.25) is 0 Å². The van der Waals surface area contributed by atoms with E-state index in [0.717, 1.165) is 50.2 Å². The van der Waals surface area contributed by atoms with Gasteiger partial charge in [0.1, 0.15) is 5.76 Å². The minimum atomic E-state index is -0.134. The summed E-state index contributed by atoms with van der Waals surface area (Å²) in [6.07, 6.45) is 2.92. The Labute approximate surface area is 147 Å². The van der Waals surface area contributed by atoms with Crippen molar-refractivity contribution in [2.45, 2.75) is 73.8 Å². The average molecular weight is 338 g/mol. The molecule has 1 N–H and O–H groups in total. The lowest BCUT2D eigenvalue weighted by Crippen LogP contribution is -2.50. The van der Waals surface area contributed by atoms with Crippen molar-refractivity contribution >= 4 is 5.91 Å². The summed E-state index contributed by atoms with van der Waals surface area (Å²) >= 11 is 0. The Morgan fingerprint density at radius 1 is 1.29 bits per heavy atom. The first-order chi connectivity index (χ1) is 11.3. The van der Waals surface area contributed by atoms with Crippen molar-refractivity contribution in [2.75, 3.05) is 19.6 Å². The fourth-order valence-electron chi connectivity index (χ4n) is 3.31. The highest BCUT2D eigenvalue weighted by atomic mass is 16.5. The number of rotatable bonds is 10. The molecule has 138 valence electrons. The van der Waals surface area contributed by atoms with Crippen LogP contribution in [0.1, 0.15) is 76.2 Å². The zero-order valence-electron chi connectivity index (χ0n) is 16.5. The number of amides is 1. The number of carbonyl (C=O) groups is 1. The third kappa shape index (κ3) is 4.82. The van der Waals surface area contributed by atoms with Crippen LogP contribution in [0.5, 0.6) is 0 Å². The number of hydrogen-bond donors (Lipinski definition) is 1. The predicted octanol–water partition coefficient (Wildman–Crippen LogP) is 3.81. The molecule has 0 saturated carbocycles. The molecule has 0 aliphatic heterocycles. The minimum absolute atomic E-state index is 0.0294. The number of aromatic nitrogens is 1. The van der Waals surface area contributed by atoms with Gasteiger partial charge in [0, 0.05) is 30.0 Å². The van der Waals surface area contributed by atoms with Crippen LogP contribution in [-0.2, 0) is 6.42 Å². The molecule has 1 aromatic rings. The summed E-state index contributed by atoms with van der Waals surface area (Å²) in [5, 5.41) is 7.13. The van der Waals surface area contributed by atoms with Gasteiger partial charge in [-0.3, -0.25) is 4.79 Å². The second-order valence-corrected chi connectivity index (χ2v) is 6.99. The van der Waals surface area contributed by atoms with Crippen LogP contribution in [0.25, 0.3) is 0 Å². The highest BCUT2D eigenvalue weighted by Gasteiger charge is 2.34. The Kier molecular flexibility index (Phi) is 7.94.